The largest absolute Gasteiger partial charge is 0.329 e. The van der Waals surface area contributed by atoms with Crippen LogP contribution in [0.2, 0.25) is 0 Å². The SMILES string of the molecule is CCCC(CN)N1CCN(C)CC1C. The van der Waals surface area contributed by atoms with Crippen molar-refractivity contribution in [2.45, 2.75) is 38.8 Å². The molecule has 2 unspecified atom stereocenters. The first-order valence-corrected chi connectivity index (χ1v) is 5.83. The van der Waals surface area contributed by atoms with Crippen LogP contribution in [0.3, 0.4) is 0 Å². The molecule has 0 bridgehead atoms. The molecule has 0 saturated carbocycles. The summed E-state index contributed by atoms with van der Waals surface area (Å²) < 4.78 is 0. The molecule has 0 aromatic heterocycles. The zero-order valence-corrected chi connectivity index (χ0v) is 9.87. The number of piperazine rings is 1. The quantitative estimate of drug-likeness (QED) is 0.725. The number of nitrogens with zero attached hydrogens (tertiary/aromatic N) is 2. The highest BCUT2D eigenvalue weighted by atomic mass is 15.3. The van der Waals surface area contributed by atoms with E-state index in [9.17, 15) is 0 Å². The molecule has 3 nitrogen and oxygen atoms in total. The minimum Gasteiger partial charge on any atom is -0.329 e. The van der Waals surface area contributed by atoms with Gasteiger partial charge in [-0.15, -0.1) is 0 Å². The van der Waals surface area contributed by atoms with E-state index in [1.165, 1.54) is 32.5 Å². The lowest BCUT2D eigenvalue weighted by atomic mass is 10.1. The third-order valence-electron chi connectivity index (χ3n) is 3.24. The van der Waals surface area contributed by atoms with Crippen LogP contribution in [-0.2, 0) is 0 Å². The zero-order chi connectivity index (χ0) is 10.6. The lowest BCUT2D eigenvalue weighted by molar-refractivity contribution is 0.0603. The number of likely N-dealkylation sites (N-methyl/N-ethyl adjacent to an activating group) is 1. The fraction of sp³-hybridized carbons (Fsp3) is 1.00. The Morgan fingerprint density at radius 3 is 2.64 bits per heavy atom. The predicted molar refractivity (Wildman–Crippen MR) is 61.4 cm³/mol. The lowest BCUT2D eigenvalue weighted by Crippen LogP contribution is -2.56. The Kier molecular flexibility index (Phi) is 4.85. The van der Waals surface area contributed by atoms with Crippen molar-refractivity contribution in [2.24, 2.45) is 5.73 Å². The van der Waals surface area contributed by atoms with E-state index in [-0.39, 0.29) is 0 Å². The molecule has 0 radical (unpaired) electrons. The monoisotopic (exact) mass is 199 g/mol. The maximum Gasteiger partial charge on any atom is 0.0222 e. The van der Waals surface area contributed by atoms with E-state index in [1.807, 2.05) is 0 Å². The molecule has 0 amide bonds. The van der Waals surface area contributed by atoms with E-state index in [4.69, 9.17) is 5.73 Å². The molecular weight excluding hydrogens is 174 g/mol. The summed E-state index contributed by atoms with van der Waals surface area (Å²) in [6.45, 7) is 8.91. The molecule has 1 saturated heterocycles. The van der Waals surface area contributed by atoms with Crippen molar-refractivity contribution in [1.29, 1.82) is 0 Å². The number of nitrogens with two attached hydrogens (primary N) is 1. The van der Waals surface area contributed by atoms with Gasteiger partial charge < -0.3 is 10.6 Å². The average molecular weight is 199 g/mol. The first kappa shape index (κ1) is 12.0. The first-order valence-electron chi connectivity index (χ1n) is 5.83. The molecule has 84 valence electrons. The Labute approximate surface area is 88.2 Å². The second-order valence-electron chi connectivity index (χ2n) is 4.53. The summed E-state index contributed by atoms with van der Waals surface area (Å²) in [6.07, 6.45) is 2.48. The minimum absolute atomic E-state index is 0.601. The Balaban J connectivity index is 2.48. The van der Waals surface area contributed by atoms with Gasteiger partial charge in [-0.05, 0) is 20.4 Å². The second-order valence-corrected chi connectivity index (χ2v) is 4.53. The Hall–Kier alpha value is -0.120. The molecule has 2 N–H and O–H groups in total. The minimum atomic E-state index is 0.601. The van der Waals surface area contributed by atoms with E-state index in [1.54, 1.807) is 0 Å². The Bertz CT molecular complexity index is 161. The van der Waals surface area contributed by atoms with Gasteiger partial charge in [0.1, 0.15) is 0 Å². The molecular formula is C11H25N3. The van der Waals surface area contributed by atoms with Crippen molar-refractivity contribution in [3.63, 3.8) is 0 Å². The van der Waals surface area contributed by atoms with Crippen molar-refractivity contribution >= 4 is 0 Å². The molecule has 0 aromatic carbocycles. The van der Waals surface area contributed by atoms with Gasteiger partial charge in [0.05, 0.1) is 0 Å². The van der Waals surface area contributed by atoms with E-state index in [2.05, 4.69) is 30.7 Å². The predicted octanol–water partition coefficient (Wildman–Crippen LogP) is 0.750. The molecule has 0 spiro atoms. The van der Waals surface area contributed by atoms with Gasteiger partial charge in [0.2, 0.25) is 0 Å². The van der Waals surface area contributed by atoms with E-state index < -0.39 is 0 Å². The third kappa shape index (κ3) is 2.94. The van der Waals surface area contributed by atoms with Gasteiger partial charge in [0.25, 0.3) is 0 Å². The molecule has 1 fully saturated rings. The molecule has 2 atom stereocenters. The molecule has 1 rings (SSSR count). The lowest BCUT2D eigenvalue weighted by Gasteiger charge is -2.42. The molecule has 0 aromatic rings. The van der Waals surface area contributed by atoms with Crippen molar-refractivity contribution in [2.75, 3.05) is 33.2 Å². The molecule has 0 aliphatic carbocycles. The van der Waals surface area contributed by atoms with Crippen molar-refractivity contribution < 1.29 is 0 Å². The number of rotatable bonds is 4. The maximum absolute atomic E-state index is 5.83. The number of hydrogen-bond acceptors (Lipinski definition) is 3. The summed E-state index contributed by atoms with van der Waals surface area (Å²) in [5, 5.41) is 0. The van der Waals surface area contributed by atoms with Gasteiger partial charge in [-0.25, -0.2) is 0 Å². The van der Waals surface area contributed by atoms with Crippen LogP contribution in [0.15, 0.2) is 0 Å². The fourth-order valence-electron chi connectivity index (χ4n) is 2.45. The van der Waals surface area contributed by atoms with Gasteiger partial charge in [-0.1, -0.05) is 13.3 Å². The van der Waals surface area contributed by atoms with Crippen LogP contribution in [0.4, 0.5) is 0 Å². The van der Waals surface area contributed by atoms with Gasteiger partial charge >= 0.3 is 0 Å². The summed E-state index contributed by atoms with van der Waals surface area (Å²) in [5.41, 5.74) is 5.83. The molecule has 14 heavy (non-hydrogen) atoms. The van der Waals surface area contributed by atoms with Crippen LogP contribution < -0.4 is 5.73 Å². The second kappa shape index (κ2) is 5.69. The Morgan fingerprint density at radius 2 is 2.14 bits per heavy atom. The topological polar surface area (TPSA) is 32.5 Å². The number of hydrogen-bond donors (Lipinski definition) is 1. The summed E-state index contributed by atoms with van der Waals surface area (Å²) in [4.78, 5) is 4.99. The molecule has 1 aliphatic rings. The van der Waals surface area contributed by atoms with E-state index in [0.717, 1.165) is 6.54 Å². The van der Waals surface area contributed by atoms with Crippen LogP contribution in [0.25, 0.3) is 0 Å². The summed E-state index contributed by atoms with van der Waals surface area (Å²) in [6, 6.07) is 1.26. The van der Waals surface area contributed by atoms with Gasteiger partial charge in [0.15, 0.2) is 0 Å². The molecule has 1 heterocycles. The van der Waals surface area contributed by atoms with Crippen LogP contribution in [0, 0.1) is 0 Å². The van der Waals surface area contributed by atoms with Crippen LogP contribution >= 0.6 is 0 Å². The zero-order valence-electron chi connectivity index (χ0n) is 9.87. The molecule has 1 aliphatic heterocycles. The normalized spacial score (nSPS) is 27.9. The van der Waals surface area contributed by atoms with E-state index >= 15 is 0 Å². The van der Waals surface area contributed by atoms with E-state index in [0.29, 0.717) is 12.1 Å². The maximum atomic E-state index is 5.83. The molecule has 3 heteroatoms. The summed E-state index contributed by atoms with van der Waals surface area (Å²) >= 11 is 0. The highest BCUT2D eigenvalue weighted by Gasteiger charge is 2.26. The Morgan fingerprint density at radius 1 is 1.43 bits per heavy atom. The highest BCUT2D eigenvalue weighted by Crippen LogP contribution is 2.14. The average Bonchev–Trinajstić information content (AvgIpc) is 2.15. The van der Waals surface area contributed by atoms with Crippen LogP contribution in [0.1, 0.15) is 26.7 Å². The van der Waals surface area contributed by atoms with Crippen molar-refractivity contribution in [1.82, 2.24) is 9.80 Å². The van der Waals surface area contributed by atoms with Gasteiger partial charge in [0, 0.05) is 38.3 Å². The smallest absolute Gasteiger partial charge is 0.0222 e. The fourth-order valence-corrected chi connectivity index (χ4v) is 2.45. The van der Waals surface area contributed by atoms with Gasteiger partial charge in [-0.3, -0.25) is 4.90 Å². The first-order chi connectivity index (χ1) is 6.69. The highest BCUT2D eigenvalue weighted by molar-refractivity contribution is 4.83. The van der Waals surface area contributed by atoms with Crippen LogP contribution in [0.5, 0.6) is 0 Å². The summed E-state index contributed by atoms with van der Waals surface area (Å²) in [5.74, 6) is 0. The third-order valence-corrected chi connectivity index (χ3v) is 3.24. The van der Waals surface area contributed by atoms with Crippen molar-refractivity contribution in [3.8, 4) is 0 Å². The van der Waals surface area contributed by atoms with Crippen molar-refractivity contribution in [3.05, 3.63) is 0 Å². The van der Waals surface area contributed by atoms with Crippen LogP contribution in [-0.4, -0.2) is 55.1 Å². The summed E-state index contributed by atoms with van der Waals surface area (Å²) in [7, 11) is 2.20. The standard InChI is InChI=1S/C11H25N3/c1-4-5-11(8-12)14-7-6-13(3)9-10(14)2/h10-11H,4-9,12H2,1-3H3. The van der Waals surface area contributed by atoms with Gasteiger partial charge in [-0.2, -0.15) is 0 Å².